The summed E-state index contributed by atoms with van der Waals surface area (Å²) >= 11 is 6.00. The highest BCUT2D eigenvalue weighted by Crippen LogP contribution is 2.26. The normalized spacial score (nSPS) is 10.4. The predicted octanol–water partition coefficient (Wildman–Crippen LogP) is 3.99. The van der Waals surface area contributed by atoms with E-state index in [0.717, 1.165) is 0 Å². The Hall–Kier alpha value is -2.67. The third kappa shape index (κ3) is 5.15. The van der Waals surface area contributed by atoms with Crippen LogP contribution in [0.3, 0.4) is 0 Å². The van der Waals surface area contributed by atoms with Crippen LogP contribution in [-0.2, 0) is 4.74 Å². The average molecular weight is 371 g/mol. The van der Waals surface area contributed by atoms with Gasteiger partial charge in [0.25, 0.3) is 0 Å². The highest BCUT2D eigenvalue weighted by Gasteiger charge is 2.12. The summed E-state index contributed by atoms with van der Waals surface area (Å²) in [6.45, 7) is -3.24. The first-order valence-electron chi connectivity index (χ1n) is 6.99. The number of halogens is 3. The summed E-state index contributed by atoms with van der Waals surface area (Å²) in [4.78, 5) is 23.4. The zero-order valence-electron chi connectivity index (χ0n) is 13.0. The standard InChI is InChI=1S/C17H13ClF2O5/c1-23-16(22)11-4-7-15(13(18)8-11)24-9-14(21)10-2-5-12(6-3-10)25-17(19)20/h2-8,17H,9H2,1H3. The Bertz CT molecular complexity index is 762. The first-order valence-corrected chi connectivity index (χ1v) is 7.37. The minimum atomic E-state index is -2.93. The van der Waals surface area contributed by atoms with Crippen molar-refractivity contribution >= 4 is 23.4 Å². The minimum absolute atomic E-state index is 0.0473. The Balaban J connectivity index is 1.98. The van der Waals surface area contributed by atoms with Crippen LogP contribution in [0.15, 0.2) is 42.5 Å². The number of alkyl halides is 2. The van der Waals surface area contributed by atoms with Gasteiger partial charge in [0.2, 0.25) is 0 Å². The maximum Gasteiger partial charge on any atom is 0.387 e. The van der Waals surface area contributed by atoms with Gasteiger partial charge in [0.05, 0.1) is 17.7 Å². The fourth-order valence-corrected chi connectivity index (χ4v) is 2.15. The number of hydrogen-bond acceptors (Lipinski definition) is 5. The first-order chi connectivity index (χ1) is 11.9. The summed E-state index contributed by atoms with van der Waals surface area (Å²) in [5.74, 6) is -0.749. The molecule has 132 valence electrons. The monoisotopic (exact) mass is 370 g/mol. The van der Waals surface area contributed by atoms with Crippen molar-refractivity contribution in [2.75, 3.05) is 13.7 Å². The summed E-state index contributed by atoms with van der Waals surface area (Å²) in [5.41, 5.74) is 0.518. The number of ether oxygens (including phenoxy) is 3. The molecule has 8 heteroatoms. The van der Waals surface area contributed by atoms with Gasteiger partial charge >= 0.3 is 12.6 Å². The van der Waals surface area contributed by atoms with Gasteiger partial charge in [0.1, 0.15) is 11.5 Å². The van der Waals surface area contributed by atoms with E-state index in [-0.39, 0.29) is 40.0 Å². The van der Waals surface area contributed by atoms with Crippen molar-refractivity contribution in [3.63, 3.8) is 0 Å². The fourth-order valence-electron chi connectivity index (χ4n) is 1.91. The van der Waals surface area contributed by atoms with E-state index in [1.807, 2.05) is 0 Å². The zero-order valence-corrected chi connectivity index (χ0v) is 13.8. The largest absolute Gasteiger partial charge is 0.484 e. The molecule has 0 fully saturated rings. The van der Waals surface area contributed by atoms with Gasteiger partial charge in [-0.05, 0) is 42.5 Å². The maximum atomic E-state index is 12.1. The van der Waals surface area contributed by atoms with Crippen molar-refractivity contribution in [3.05, 3.63) is 58.6 Å². The molecule has 0 atom stereocenters. The number of methoxy groups -OCH3 is 1. The quantitative estimate of drug-likeness (QED) is 0.544. The Morgan fingerprint density at radius 3 is 2.28 bits per heavy atom. The third-order valence-electron chi connectivity index (χ3n) is 3.11. The van der Waals surface area contributed by atoms with E-state index < -0.39 is 12.6 Å². The molecule has 2 rings (SSSR count). The molecule has 0 aliphatic carbocycles. The predicted molar refractivity (Wildman–Crippen MR) is 85.7 cm³/mol. The SMILES string of the molecule is COC(=O)c1ccc(OCC(=O)c2ccc(OC(F)F)cc2)c(Cl)c1. The molecule has 2 aromatic carbocycles. The van der Waals surface area contributed by atoms with Crippen LogP contribution >= 0.6 is 11.6 Å². The van der Waals surface area contributed by atoms with Gasteiger partial charge in [0.15, 0.2) is 12.4 Å². The Labute approximate surface area is 147 Å². The summed E-state index contributed by atoms with van der Waals surface area (Å²) in [6, 6.07) is 9.49. The second-order valence-electron chi connectivity index (χ2n) is 4.75. The number of carbonyl (C=O) groups is 2. The first kappa shape index (κ1) is 18.7. The van der Waals surface area contributed by atoms with Crippen LogP contribution in [-0.4, -0.2) is 32.1 Å². The van der Waals surface area contributed by atoms with Crippen molar-refractivity contribution < 1.29 is 32.6 Å². The molecular formula is C17H13ClF2O5. The van der Waals surface area contributed by atoms with Crippen molar-refractivity contribution in [3.8, 4) is 11.5 Å². The van der Waals surface area contributed by atoms with Crippen LogP contribution in [0.5, 0.6) is 11.5 Å². The molecule has 0 aromatic heterocycles. The molecule has 0 spiro atoms. The van der Waals surface area contributed by atoms with Crippen molar-refractivity contribution in [1.82, 2.24) is 0 Å². The molecule has 0 heterocycles. The lowest BCUT2D eigenvalue weighted by molar-refractivity contribution is -0.0498. The van der Waals surface area contributed by atoms with Crippen LogP contribution in [0.2, 0.25) is 5.02 Å². The van der Waals surface area contributed by atoms with Crippen molar-refractivity contribution in [2.45, 2.75) is 6.61 Å². The zero-order chi connectivity index (χ0) is 18.4. The topological polar surface area (TPSA) is 61.8 Å². The average Bonchev–Trinajstić information content (AvgIpc) is 2.59. The molecular weight excluding hydrogens is 358 g/mol. The lowest BCUT2D eigenvalue weighted by atomic mass is 10.1. The van der Waals surface area contributed by atoms with Gasteiger partial charge in [-0.1, -0.05) is 11.6 Å². The number of Topliss-reactive ketones (excluding diaryl/α,β-unsaturated/α-hetero) is 1. The minimum Gasteiger partial charge on any atom is -0.484 e. The summed E-state index contributed by atoms with van der Waals surface area (Å²) < 4.78 is 38.3. The van der Waals surface area contributed by atoms with E-state index >= 15 is 0 Å². The van der Waals surface area contributed by atoms with Crippen LogP contribution in [0.25, 0.3) is 0 Å². The van der Waals surface area contributed by atoms with E-state index in [0.29, 0.717) is 0 Å². The van der Waals surface area contributed by atoms with Gasteiger partial charge in [-0.2, -0.15) is 8.78 Å². The molecule has 0 radical (unpaired) electrons. The van der Waals surface area contributed by atoms with Crippen molar-refractivity contribution in [1.29, 1.82) is 0 Å². The van der Waals surface area contributed by atoms with E-state index in [1.165, 1.54) is 49.6 Å². The van der Waals surface area contributed by atoms with E-state index in [4.69, 9.17) is 16.3 Å². The highest BCUT2D eigenvalue weighted by molar-refractivity contribution is 6.32. The van der Waals surface area contributed by atoms with Gasteiger partial charge in [0, 0.05) is 5.56 Å². The van der Waals surface area contributed by atoms with Crippen LogP contribution < -0.4 is 9.47 Å². The lowest BCUT2D eigenvalue weighted by Crippen LogP contribution is -2.12. The number of benzene rings is 2. The van der Waals surface area contributed by atoms with E-state index in [2.05, 4.69) is 9.47 Å². The highest BCUT2D eigenvalue weighted by atomic mass is 35.5. The number of ketones is 1. The Morgan fingerprint density at radius 2 is 1.72 bits per heavy atom. The third-order valence-corrected chi connectivity index (χ3v) is 3.41. The molecule has 0 unspecified atom stereocenters. The van der Waals surface area contributed by atoms with Crippen LogP contribution in [0.4, 0.5) is 8.78 Å². The molecule has 0 aliphatic rings. The number of carbonyl (C=O) groups excluding carboxylic acids is 2. The Kier molecular flexibility index (Phi) is 6.30. The molecule has 0 amide bonds. The maximum absolute atomic E-state index is 12.1. The second kappa shape index (κ2) is 8.43. The molecule has 0 saturated carbocycles. The van der Waals surface area contributed by atoms with Crippen LogP contribution in [0.1, 0.15) is 20.7 Å². The molecule has 0 aliphatic heterocycles. The molecule has 0 saturated heterocycles. The number of hydrogen-bond donors (Lipinski definition) is 0. The van der Waals surface area contributed by atoms with E-state index in [9.17, 15) is 18.4 Å². The molecule has 0 bridgehead atoms. The van der Waals surface area contributed by atoms with Gasteiger partial charge in [-0.25, -0.2) is 4.79 Å². The molecule has 0 N–H and O–H groups in total. The lowest BCUT2D eigenvalue weighted by Gasteiger charge is -2.09. The summed E-state index contributed by atoms with van der Waals surface area (Å²) in [7, 11) is 1.25. The van der Waals surface area contributed by atoms with Gasteiger partial charge < -0.3 is 14.2 Å². The fraction of sp³-hybridized carbons (Fsp3) is 0.176. The number of esters is 1. The molecule has 25 heavy (non-hydrogen) atoms. The van der Waals surface area contributed by atoms with Gasteiger partial charge in [-0.15, -0.1) is 0 Å². The summed E-state index contributed by atoms with van der Waals surface area (Å²) in [5, 5.41) is 0.149. The molecule has 2 aromatic rings. The second-order valence-corrected chi connectivity index (χ2v) is 5.16. The summed E-state index contributed by atoms with van der Waals surface area (Å²) in [6.07, 6.45) is 0. The van der Waals surface area contributed by atoms with Crippen LogP contribution in [0, 0.1) is 0 Å². The Morgan fingerprint density at radius 1 is 1.08 bits per heavy atom. The number of rotatable bonds is 7. The van der Waals surface area contributed by atoms with Crippen molar-refractivity contribution in [2.24, 2.45) is 0 Å². The smallest absolute Gasteiger partial charge is 0.387 e. The molecule has 5 nitrogen and oxygen atoms in total. The van der Waals surface area contributed by atoms with Gasteiger partial charge in [-0.3, -0.25) is 4.79 Å². The van der Waals surface area contributed by atoms with E-state index in [1.54, 1.807) is 0 Å².